The van der Waals surface area contributed by atoms with Crippen molar-refractivity contribution in [3.8, 4) is 0 Å². The van der Waals surface area contributed by atoms with Crippen LogP contribution in [0, 0.1) is 46.3 Å². The number of ketones is 1. The number of carboxylic acids is 1. The minimum absolute atomic E-state index is 0.0332. The summed E-state index contributed by atoms with van der Waals surface area (Å²) < 4.78 is 40.2. The van der Waals surface area contributed by atoms with E-state index in [9.17, 15) is 32.8 Å². The summed E-state index contributed by atoms with van der Waals surface area (Å²) >= 11 is 0. The Bertz CT molecular complexity index is 902. The molecule has 1 N–H and O–H groups in total. The first kappa shape index (κ1) is 25.1. The van der Waals surface area contributed by atoms with Crippen molar-refractivity contribution >= 4 is 22.2 Å². The number of hydrogen-bond acceptors (Lipinski definition) is 8. The maximum Gasteiger partial charge on any atom is 0.217 e. The molecule has 4 saturated carbocycles. The zero-order valence-corrected chi connectivity index (χ0v) is 20.5. The fourth-order valence-corrected chi connectivity index (χ4v) is 9.23. The highest BCUT2D eigenvalue weighted by molar-refractivity contribution is 7.80. The molecule has 188 valence electrons. The monoisotopic (exact) mass is 484 g/mol. The fraction of sp³-hybridized carbons (Fsp3) is 0.917. The molecule has 33 heavy (non-hydrogen) atoms. The molecule has 0 aromatic carbocycles. The number of Topliss-reactive ketones (excluding diaryl/α,β-unsaturated/α-hetero) is 1. The lowest BCUT2D eigenvalue weighted by Gasteiger charge is -2.63. The van der Waals surface area contributed by atoms with Gasteiger partial charge >= 0.3 is 0 Å². The molecule has 0 radical (unpaired) electrons. The normalized spacial score (nSPS) is 46.2. The molecule has 4 aliphatic rings. The van der Waals surface area contributed by atoms with Gasteiger partial charge in [-0.3, -0.25) is 8.98 Å². The minimum atomic E-state index is -4.93. The summed E-state index contributed by atoms with van der Waals surface area (Å²) in [7, 11) is -4.93. The standard InChI is InChI=1S/C24H38O8S/c1-13(4-7-21(27)28)16-5-6-17-22-18(12-20(26)24(16,17)3)23(2)9-8-15(25)10-14(23)11-19(22)32-33(29,30)31/h13-14,16-20,22,26H,4-12H2,1-3H3,(H,27,28)(H,29,30,31)/p-2/t13-,14+,16-,17+,18+,19-,20+,22+,23+,24-/m1/s1. The highest BCUT2D eigenvalue weighted by atomic mass is 32.3. The summed E-state index contributed by atoms with van der Waals surface area (Å²) in [5.41, 5.74) is -0.736. The SMILES string of the molecule is C[C@H](CCC(=O)[O-])[C@H]1CC[C@H]2[C@@H]3[C@H](OS(=O)(=O)[O-])C[C@@H]4CC(=O)CC[C@]4(C)[C@H]3C[C@H](O)[C@]12C. The van der Waals surface area contributed by atoms with Gasteiger partial charge in [0.25, 0.3) is 0 Å². The molecule has 0 unspecified atom stereocenters. The predicted molar refractivity (Wildman–Crippen MR) is 115 cm³/mol. The highest BCUT2D eigenvalue weighted by Gasteiger charge is 2.66. The van der Waals surface area contributed by atoms with E-state index >= 15 is 0 Å². The Labute approximate surface area is 196 Å². The van der Waals surface area contributed by atoms with E-state index in [0.717, 1.165) is 12.8 Å². The smallest absolute Gasteiger partial charge is 0.217 e. The second-order valence-electron chi connectivity index (χ2n) is 11.7. The van der Waals surface area contributed by atoms with Crippen LogP contribution < -0.4 is 5.11 Å². The summed E-state index contributed by atoms with van der Waals surface area (Å²) in [6, 6.07) is 0. The highest BCUT2D eigenvalue weighted by Crippen LogP contribution is 2.68. The number of carboxylic acid groups (broad SMARTS) is 1. The molecule has 0 bridgehead atoms. The molecule has 0 aliphatic heterocycles. The molecule has 0 aromatic rings. The lowest BCUT2D eigenvalue weighted by molar-refractivity contribution is -0.306. The van der Waals surface area contributed by atoms with E-state index in [1.54, 1.807) is 0 Å². The fourth-order valence-electron chi connectivity index (χ4n) is 8.72. The van der Waals surface area contributed by atoms with Crippen molar-refractivity contribution in [2.24, 2.45) is 46.3 Å². The van der Waals surface area contributed by atoms with Gasteiger partial charge in [-0.2, -0.15) is 0 Å². The molecular formula is C24H36O8S-2. The molecule has 0 aromatic heterocycles. The van der Waals surface area contributed by atoms with Crippen molar-refractivity contribution in [1.82, 2.24) is 0 Å². The topological polar surface area (TPSA) is 144 Å². The average molecular weight is 485 g/mol. The van der Waals surface area contributed by atoms with Gasteiger partial charge in [-0.1, -0.05) is 20.8 Å². The largest absolute Gasteiger partial charge is 0.726 e. The number of rotatable bonds is 6. The van der Waals surface area contributed by atoms with Crippen molar-refractivity contribution in [1.29, 1.82) is 0 Å². The van der Waals surface area contributed by atoms with Crippen molar-refractivity contribution < 1.29 is 37.0 Å². The van der Waals surface area contributed by atoms with E-state index in [1.807, 2.05) is 13.8 Å². The van der Waals surface area contributed by atoms with Crippen LogP contribution in [0.15, 0.2) is 0 Å². The first-order chi connectivity index (χ1) is 15.3. The second kappa shape index (κ2) is 8.57. The Hall–Kier alpha value is -1.03. The summed E-state index contributed by atoms with van der Waals surface area (Å²) in [4.78, 5) is 23.2. The van der Waals surface area contributed by atoms with Crippen LogP contribution in [0.1, 0.15) is 78.6 Å². The molecule has 4 aliphatic carbocycles. The van der Waals surface area contributed by atoms with Gasteiger partial charge in [-0.25, -0.2) is 8.42 Å². The number of hydrogen-bond donors (Lipinski definition) is 1. The van der Waals surface area contributed by atoms with E-state index in [2.05, 4.69) is 6.92 Å². The summed E-state index contributed by atoms with van der Waals surface area (Å²) in [5, 5.41) is 22.5. The Morgan fingerprint density at radius 3 is 2.58 bits per heavy atom. The first-order valence-corrected chi connectivity index (χ1v) is 13.6. The Morgan fingerprint density at radius 1 is 1.24 bits per heavy atom. The van der Waals surface area contributed by atoms with Gasteiger partial charge in [0.1, 0.15) is 5.78 Å². The van der Waals surface area contributed by atoms with Gasteiger partial charge in [0, 0.05) is 18.8 Å². The van der Waals surface area contributed by atoms with Crippen LogP contribution in [0.4, 0.5) is 0 Å². The van der Waals surface area contributed by atoms with Crippen LogP contribution in [-0.2, 0) is 24.2 Å². The van der Waals surface area contributed by atoms with Crippen LogP contribution in [-0.4, -0.2) is 42.0 Å². The molecule has 0 spiro atoms. The number of carbonyl (C=O) groups is 2. The van der Waals surface area contributed by atoms with Gasteiger partial charge in [-0.05, 0) is 91.3 Å². The molecular weight excluding hydrogens is 448 g/mol. The van der Waals surface area contributed by atoms with E-state index in [-0.39, 0.29) is 53.1 Å². The zero-order valence-electron chi connectivity index (χ0n) is 19.7. The van der Waals surface area contributed by atoms with Gasteiger partial charge in [0.15, 0.2) is 0 Å². The third kappa shape index (κ3) is 4.28. The van der Waals surface area contributed by atoms with E-state index < -0.39 is 34.0 Å². The maximum absolute atomic E-state index is 12.2. The van der Waals surface area contributed by atoms with E-state index in [4.69, 9.17) is 4.18 Å². The van der Waals surface area contributed by atoms with Crippen molar-refractivity contribution in [3.63, 3.8) is 0 Å². The molecule has 4 fully saturated rings. The quantitative estimate of drug-likeness (QED) is 0.444. The van der Waals surface area contributed by atoms with Crippen molar-refractivity contribution in [2.75, 3.05) is 0 Å². The van der Waals surface area contributed by atoms with Gasteiger partial charge < -0.3 is 19.6 Å². The van der Waals surface area contributed by atoms with Crippen molar-refractivity contribution in [3.05, 3.63) is 0 Å². The molecule has 0 heterocycles. The van der Waals surface area contributed by atoms with Crippen LogP contribution in [0.3, 0.4) is 0 Å². The summed E-state index contributed by atoms with van der Waals surface area (Å²) in [5.74, 6) is -1.13. The van der Waals surface area contributed by atoms with Gasteiger partial charge in [0.2, 0.25) is 10.4 Å². The van der Waals surface area contributed by atoms with E-state index in [1.165, 1.54) is 0 Å². The van der Waals surface area contributed by atoms with E-state index in [0.29, 0.717) is 38.5 Å². The van der Waals surface area contributed by atoms with Crippen LogP contribution in [0.2, 0.25) is 0 Å². The van der Waals surface area contributed by atoms with Crippen LogP contribution in [0.25, 0.3) is 0 Å². The molecule has 0 amide bonds. The number of aliphatic hydroxyl groups excluding tert-OH is 1. The molecule has 9 heteroatoms. The lowest BCUT2D eigenvalue weighted by Crippen LogP contribution is -2.62. The molecule has 10 atom stereocenters. The zero-order chi connectivity index (χ0) is 24.3. The molecule has 0 saturated heterocycles. The van der Waals surface area contributed by atoms with Gasteiger partial charge in [-0.15, -0.1) is 0 Å². The average Bonchev–Trinajstić information content (AvgIpc) is 3.05. The van der Waals surface area contributed by atoms with Gasteiger partial charge in [0.05, 0.1) is 12.2 Å². The van der Waals surface area contributed by atoms with Crippen molar-refractivity contribution in [2.45, 2.75) is 90.8 Å². The van der Waals surface area contributed by atoms with Crippen LogP contribution >= 0.6 is 0 Å². The Kier molecular flexibility index (Phi) is 6.51. The molecule has 4 rings (SSSR count). The lowest BCUT2D eigenvalue weighted by atomic mass is 9.43. The first-order valence-electron chi connectivity index (χ1n) is 12.3. The Morgan fingerprint density at radius 2 is 1.94 bits per heavy atom. The number of aliphatic hydroxyl groups is 1. The predicted octanol–water partition coefficient (Wildman–Crippen LogP) is 1.81. The molecule has 8 nitrogen and oxygen atoms in total. The summed E-state index contributed by atoms with van der Waals surface area (Å²) in [6.45, 7) is 6.22. The second-order valence-corrected chi connectivity index (χ2v) is 12.7. The number of carbonyl (C=O) groups excluding carboxylic acids is 2. The summed E-state index contributed by atoms with van der Waals surface area (Å²) in [6.07, 6.45) is 2.98. The number of aliphatic carboxylic acids is 1. The number of fused-ring (bicyclic) bond motifs is 5. The third-order valence-corrected chi connectivity index (χ3v) is 10.9. The third-order valence-electron chi connectivity index (χ3n) is 10.4. The van der Waals surface area contributed by atoms with Crippen LogP contribution in [0.5, 0.6) is 0 Å². The maximum atomic E-state index is 12.2. The minimum Gasteiger partial charge on any atom is -0.726 e. The Balaban J connectivity index is 1.70.